The fourth-order valence-electron chi connectivity index (χ4n) is 3.23. The zero-order chi connectivity index (χ0) is 19.6. The van der Waals surface area contributed by atoms with Crippen LogP contribution in [0.1, 0.15) is 17.3 Å². The first-order chi connectivity index (χ1) is 12.9. The smallest absolute Gasteiger partial charge is 0.293 e. The molecule has 1 aliphatic heterocycles. The zero-order valence-corrected chi connectivity index (χ0v) is 14.7. The van der Waals surface area contributed by atoms with E-state index in [1.165, 1.54) is 19.1 Å². The minimum Gasteiger partial charge on any atom is -0.362 e. The number of ketones is 1. The maximum absolute atomic E-state index is 11.5. The van der Waals surface area contributed by atoms with Crippen molar-refractivity contribution < 1.29 is 14.6 Å². The summed E-state index contributed by atoms with van der Waals surface area (Å²) in [5.41, 5.74) is 1.23. The van der Waals surface area contributed by atoms with E-state index in [2.05, 4.69) is 0 Å². The second-order valence-corrected chi connectivity index (χ2v) is 6.24. The van der Waals surface area contributed by atoms with Crippen molar-refractivity contribution in [2.45, 2.75) is 6.92 Å². The van der Waals surface area contributed by atoms with E-state index >= 15 is 0 Å². The Balaban J connectivity index is 1.81. The monoisotopic (exact) mass is 370 g/mol. The molecule has 0 unspecified atom stereocenters. The third kappa shape index (κ3) is 3.71. The van der Waals surface area contributed by atoms with E-state index < -0.39 is 9.85 Å². The lowest BCUT2D eigenvalue weighted by atomic mass is 10.1. The molecule has 140 valence electrons. The quantitative estimate of drug-likeness (QED) is 0.452. The lowest BCUT2D eigenvalue weighted by Crippen LogP contribution is -2.46. The Morgan fingerprint density at radius 1 is 0.852 bits per heavy atom. The predicted octanol–water partition coefficient (Wildman–Crippen LogP) is 3.03. The van der Waals surface area contributed by atoms with E-state index in [9.17, 15) is 25.0 Å². The van der Waals surface area contributed by atoms with E-state index in [4.69, 9.17) is 0 Å². The van der Waals surface area contributed by atoms with Crippen LogP contribution in [-0.2, 0) is 0 Å². The van der Waals surface area contributed by atoms with Gasteiger partial charge < -0.3 is 9.80 Å². The molecule has 9 nitrogen and oxygen atoms in total. The normalized spacial score (nSPS) is 14.1. The molecule has 0 bridgehead atoms. The average Bonchev–Trinajstić information content (AvgIpc) is 2.67. The van der Waals surface area contributed by atoms with E-state index in [-0.39, 0.29) is 17.2 Å². The standard InChI is InChI=1S/C18H18N4O5/c1-13(23)14-6-7-16(18(12-14)22(26)27)20-10-8-19(9-11-20)15-4-2-3-5-17(15)21(24)25/h2-7,12H,8-11H2,1H3. The summed E-state index contributed by atoms with van der Waals surface area (Å²) in [6, 6.07) is 11.0. The molecule has 2 aromatic rings. The van der Waals surface area contributed by atoms with Crippen LogP contribution in [0, 0.1) is 20.2 Å². The van der Waals surface area contributed by atoms with Gasteiger partial charge in [-0.25, -0.2) is 0 Å². The molecular formula is C18H18N4O5. The van der Waals surface area contributed by atoms with Crippen LogP contribution >= 0.6 is 0 Å². The summed E-state index contributed by atoms with van der Waals surface area (Å²) in [7, 11) is 0. The first-order valence-corrected chi connectivity index (χ1v) is 8.41. The molecule has 0 N–H and O–H groups in total. The lowest BCUT2D eigenvalue weighted by molar-refractivity contribution is -0.384. The fourth-order valence-corrected chi connectivity index (χ4v) is 3.23. The molecular weight excluding hydrogens is 352 g/mol. The molecule has 9 heteroatoms. The number of para-hydroxylation sites is 2. The first-order valence-electron chi connectivity index (χ1n) is 8.41. The minimum atomic E-state index is -0.490. The third-order valence-corrected chi connectivity index (χ3v) is 4.62. The van der Waals surface area contributed by atoms with Gasteiger partial charge in [-0.3, -0.25) is 25.0 Å². The van der Waals surface area contributed by atoms with Crippen LogP contribution < -0.4 is 9.80 Å². The van der Waals surface area contributed by atoms with Crippen LogP contribution in [0.25, 0.3) is 0 Å². The van der Waals surface area contributed by atoms with Crippen molar-refractivity contribution in [1.29, 1.82) is 0 Å². The minimum absolute atomic E-state index is 0.0442. The summed E-state index contributed by atoms with van der Waals surface area (Å²) in [4.78, 5) is 37.0. The first kappa shape index (κ1) is 18.3. The number of benzene rings is 2. The van der Waals surface area contributed by atoms with Gasteiger partial charge in [-0.05, 0) is 25.1 Å². The molecule has 0 saturated carbocycles. The number of nitro groups is 2. The highest BCUT2D eigenvalue weighted by Crippen LogP contribution is 2.33. The SMILES string of the molecule is CC(=O)c1ccc(N2CCN(c3ccccc3[N+](=O)[O-])CC2)c([N+](=O)[O-])c1. The number of hydrogen-bond acceptors (Lipinski definition) is 7. The van der Waals surface area contributed by atoms with Gasteiger partial charge in [-0.15, -0.1) is 0 Å². The summed E-state index contributed by atoms with van der Waals surface area (Å²) in [6.45, 7) is 3.32. The highest BCUT2D eigenvalue weighted by Gasteiger charge is 2.27. The second-order valence-electron chi connectivity index (χ2n) is 6.24. The van der Waals surface area contributed by atoms with Crippen LogP contribution in [0.15, 0.2) is 42.5 Å². The number of nitro benzene ring substituents is 2. The number of piperazine rings is 1. The van der Waals surface area contributed by atoms with Crippen molar-refractivity contribution in [2.24, 2.45) is 0 Å². The van der Waals surface area contributed by atoms with Gasteiger partial charge in [0, 0.05) is 43.9 Å². The number of carbonyl (C=O) groups is 1. The molecule has 2 aromatic carbocycles. The maximum Gasteiger partial charge on any atom is 0.293 e. The Hall–Kier alpha value is -3.49. The second kappa shape index (κ2) is 7.40. The summed E-state index contributed by atoms with van der Waals surface area (Å²) in [6.07, 6.45) is 0. The average molecular weight is 370 g/mol. The molecule has 0 aromatic heterocycles. The van der Waals surface area contributed by atoms with Crippen molar-refractivity contribution in [3.8, 4) is 0 Å². The molecule has 0 radical (unpaired) electrons. The Kier molecular flexibility index (Phi) is 5.02. The van der Waals surface area contributed by atoms with E-state index in [1.54, 1.807) is 30.3 Å². The Labute approximate surface area is 155 Å². The van der Waals surface area contributed by atoms with Gasteiger partial charge in [0.25, 0.3) is 11.4 Å². The molecule has 1 saturated heterocycles. The predicted molar refractivity (Wildman–Crippen MR) is 101 cm³/mol. The van der Waals surface area contributed by atoms with Crippen LogP contribution in [0.2, 0.25) is 0 Å². The van der Waals surface area contributed by atoms with E-state index in [0.717, 1.165) is 0 Å². The Bertz CT molecular complexity index is 906. The van der Waals surface area contributed by atoms with Crippen LogP contribution in [-0.4, -0.2) is 41.8 Å². The van der Waals surface area contributed by atoms with Gasteiger partial charge >= 0.3 is 0 Å². The van der Waals surface area contributed by atoms with Crippen molar-refractivity contribution in [1.82, 2.24) is 0 Å². The summed E-state index contributed by atoms with van der Waals surface area (Å²) >= 11 is 0. The molecule has 0 spiro atoms. The Morgan fingerprint density at radius 2 is 1.37 bits per heavy atom. The van der Waals surface area contributed by atoms with Crippen LogP contribution in [0.5, 0.6) is 0 Å². The maximum atomic E-state index is 11.5. The zero-order valence-electron chi connectivity index (χ0n) is 14.7. The van der Waals surface area contributed by atoms with Gasteiger partial charge in [0.2, 0.25) is 0 Å². The van der Waals surface area contributed by atoms with E-state index in [0.29, 0.717) is 43.1 Å². The van der Waals surface area contributed by atoms with Crippen molar-refractivity contribution >= 4 is 28.5 Å². The summed E-state index contributed by atoms with van der Waals surface area (Å²) in [5.74, 6) is -0.231. The molecule has 27 heavy (non-hydrogen) atoms. The molecule has 0 atom stereocenters. The largest absolute Gasteiger partial charge is 0.362 e. The topological polar surface area (TPSA) is 110 Å². The molecule has 0 amide bonds. The lowest BCUT2D eigenvalue weighted by Gasteiger charge is -2.36. The molecule has 1 fully saturated rings. The highest BCUT2D eigenvalue weighted by atomic mass is 16.6. The van der Waals surface area contributed by atoms with Crippen LogP contribution in [0.3, 0.4) is 0 Å². The number of carbonyl (C=O) groups excluding carboxylic acids is 1. The highest BCUT2D eigenvalue weighted by molar-refractivity contribution is 5.95. The van der Waals surface area contributed by atoms with Gasteiger partial charge in [0.1, 0.15) is 11.4 Å². The van der Waals surface area contributed by atoms with Gasteiger partial charge in [0.05, 0.1) is 9.85 Å². The number of Topliss-reactive ketones (excluding diaryl/α,β-unsaturated/α-hetero) is 1. The van der Waals surface area contributed by atoms with Gasteiger partial charge in [-0.2, -0.15) is 0 Å². The van der Waals surface area contributed by atoms with Crippen molar-refractivity contribution in [3.05, 3.63) is 68.3 Å². The van der Waals surface area contributed by atoms with Crippen LogP contribution in [0.4, 0.5) is 22.7 Å². The van der Waals surface area contributed by atoms with Gasteiger partial charge in [0.15, 0.2) is 5.78 Å². The number of nitrogens with zero attached hydrogens (tertiary/aromatic N) is 4. The number of hydrogen-bond donors (Lipinski definition) is 0. The molecule has 1 heterocycles. The number of rotatable bonds is 5. The summed E-state index contributed by atoms with van der Waals surface area (Å²) in [5, 5.41) is 22.6. The summed E-state index contributed by atoms with van der Waals surface area (Å²) < 4.78 is 0. The fraction of sp³-hybridized carbons (Fsp3) is 0.278. The molecule has 0 aliphatic carbocycles. The van der Waals surface area contributed by atoms with Crippen molar-refractivity contribution in [3.63, 3.8) is 0 Å². The molecule has 3 rings (SSSR count). The van der Waals surface area contributed by atoms with Crippen molar-refractivity contribution in [2.75, 3.05) is 36.0 Å². The van der Waals surface area contributed by atoms with Gasteiger partial charge in [-0.1, -0.05) is 12.1 Å². The third-order valence-electron chi connectivity index (χ3n) is 4.62. The number of anilines is 2. The molecule has 1 aliphatic rings. The Morgan fingerprint density at radius 3 is 1.89 bits per heavy atom. The van der Waals surface area contributed by atoms with E-state index in [1.807, 2.05) is 9.80 Å².